The number of nitrogens with zero attached hydrogens (tertiary/aromatic N) is 1. The zero-order valence-corrected chi connectivity index (χ0v) is 16.3. The van der Waals surface area contributed by atoms with E-state index >= 15 is 0 Å². The summed E-state index contributed by atoms with van der Waals surface area (Å²) in [5.74, 6) is 1.86. The quantitative estimate of drug-likeness (QED) is 0.559. The van der Waals surface area contributed by atoms with Crippen molar-refractivity contribution in [1.82, 2.24) is 10.6 Å². The first-order chi connectivity index (χ1) is 12.5. The second-order valence-electron chi connectivity index (χ2n) is 8.31. The van der Waals surface area contributed by atoms with E-state index in [0.717, 1.165) is 24.1 Å². The molecular weight excluding hydrogens is 324 g/mol. The van der Waals surface area contributed by atoms with E-state index in [1.54, 1.807) is 7.05 Å². The fourth-order valence-electron chi connectivity index (χ4n) is 4.29. The van der Waals surface area contributed by atoms with E-state index < -0.39 is 0 Å². The molecule has 1 aliphatic carbocycles. The van der Waals surface area contributed by atoms with E-state index in [-0.39, 0.29) is 17.2 Å². The number of nitrogens with one attached hydrogen (secondary N) is 3. The van der Waals surface area contributed by atoms with Gasteiger partial charge < -0.3 is 16.0 Å². The van der Waals surface area contributed by atoms with Gasteiger partial charge in [0.2, 0.25) is 5.91 Å². The highest BCUT2D eigenvalue weighted by atomic mass is 16.1. The Hall–Kier alpha value is -2.04. The van der Waals surface area contributed by atoms with Gasteiger partial charge in [0.05, 0.1) is 0 Å². The van der Waals surface area contributed by atoms with Crippen LogP contribution in [0, 0.1) is 11.3 Å². The molecule has 142 valence electrons. The third-order valence-corrected chi connectivity index (χ3v) is 6.02. The molecular formula is C21H32N4O. The molecule has 5 heteroatoms. The zero-order valence-electron chi connectivity index (χ0n) is 16.3. The Bertz CT molecular complexity index is 662. The Morgan fingerprint density at radius 1 is 1.23 bits per heavy atom. The van der Waals surface area contributed by atoms with Gasteiger partial charge in [-0.3, -0.25) is 9.79 Å². The highest BCUT2D eigenvalue weighted by Gasteiger charge is 2.32. The Labute approximate surface area is 157 Å². The minimum Gasteiger partial charge on any atom is -0.356 e. The predicted octanol–water partition coefficient (Wildman–Crippen LogP) is 3.49. The molecule has 1 heterocycles. The van der Waals surface area contributed by atoms with Crippen LogP contribution in [0.25, 0.3) is 0 Å². The number of amides is 1. The van der Waals surface area contributed by atoms with Gasteiger partial charge in [-0.15, -0.1) is 0 Å². The van der Waals surface area contributed by atoms with Gasteiger partial charge >= 0.3 is 0 Å². The molecule has 1 unspecified atom stereocenters. The lowest BCUT2D eigenvalue weighted by Gasteiger charge is -2.33. The maximum atomic E-state index is 12.0. The highest BCUT2D eigenvalue weighted by Crippen LogP contribution is 2.39. The van der Waals surface area contributed by atoms with E-state index in [2.05, 4.69) is 40.9 Å². The number of hydrogen-bond donors (Lipinski definition) is 3. The fraction of sp³-hybridized carbons (Fsp3) is 0.619. The molecule has 26 heavy (non-hydrogen) atoms. The molecule has 0 radical (unpaired) electrons. The van der Waals surface area contributed by atoms with Crippen LogP contribution in [0.2, 0.25) is 0 Å². The second kappa shape index (κ2) is 8.11. The van der Waals surface area contributed by atoms with Crippen LogP contribution in [0.5, 0.6) is 0 Å². The van der Waals surface area contributed by atoms with Crippen LogP contribution < -0.4 is 16.0 Å². The number of benzene rings is 1. The van der Waals surface area contributed by atoms with Crippen LogP contribution in [-0.2, 0) is 4.79 Å². The first-order valence-electron chi connectivity index (χ1n) is 9.83. The molecule has 3 N–H and O–H groups in total. The molecule has 0 aromatic heterocycles. The Morgan fingerprint density at radius 3 is 2.69 bits per heavy atom. The molecule has 0 saturated heterocycles. The Morgan fingerprint density at radius 2 is 1.96 bits per heavy atom. The van der Waals surface area contributed by atoms with Crippen molar-refractivity contribution >= 4 is 17.6 Å². The van der Waals surface area contributed by atoms with E-state index in [1.165, 1.54) is 31.2 Å². The fourth-order valence-corrected chi connectivity index (χ4v) is 4.29. The van der Waals surface area contributed by atoms with E-state index in [1.807, 2.05) is 18.2 Å². The predicted molar refractivity (Wildman–Crippen MR) is 108 cm³/mol. The largest absolute Gasteiger partial charge is 0.356 e. The number of hydrogen-bond acceptors (Lipinski definition) is 2. The van der Waals surface area contributed by atoms with Crippen LogP contribution in [0.1, 0.15) is 57.4 Å². The lowest BCUT2D eigenvalue weighted by molar-refractivity contribution is -0.116. The molecule has 3 rings (SSSR count). The average Bonchev–Trinajstić information content (AvgIpc) is 3.17. The normalized spacial score (nSPS) is 21.3. The standard InChI is InChI=1S/C21H32N4O/c1-21(2,16-8-4-5-9-16)14-24-20(22-3)23-13-15-12-19(26)25-18-11-7-6-10-17(15)18/h6-7,10-11,15-16H,4-5,8-9,12-14H2,1-3H3,(H,25,26)(H2,22,23,24). The summed E-state index contributed by atoms with van der Waals surface area (Å²) in [5, 5.41) is 9.88. The van der Waals surface area contributed by atoms with Crippen molar-refractivity contribution in [2.75, 3.05) is 25.5 Å². The van der Waals surface area contributed by atoms with Crippen molar-refractivity contribution < 1.29 is 4.79 Å². The van der Waals surface area contributed by atoms with Crippen molar-refractivity contribution in [2.45, 2.75) is 51.9 Å². The minimum atomic E-state index is 0.0841. The smallest absolute Gasteiger partial charge is 0.225 e. The zero-order chi connectivity index (χ0) is 18.6. The summed E-state index contributed by atoms with van der Waals surface area (Å²) in [4.78, 5) is 16.3. The first kappa shape index (κ1) is 18.7. The van der Waals surface area contributed by atoms with E-state index in [9.17, 15) is 4.79 Å². The molecule has 1 saturated carbocycles. The molecule has 0 bridgehead atoms. The third kappa shape index (κ3) is 4.37. The van der Waals surface area contributed by atoms with E-state index in [0.29, 0.717) is 13.0 Å². The van der Waals surface area contributed by atoms with Gasteiger partial charge in [0.15, 0.2) is 5.96 Å². The minimum absolute atomic E-state index is 0.0841. The van der Waals surface area contributed by atoms with Gasteiger partial charge in [0.1, 0.15) is 0 Å². The molecule has 1 atom stereocenters. The summed E-state index contributed by atoms with van der Waals surface area (Å²) < 4.78 is 0. The number of rotatable bonds is 5. The Kier molecular flexibility index (Phi) is 5.84. The van der Waals surface area contributed by atoms with Crippen molar-refractivity contribution in [2.24, 2.45) is 16.3 Å². The summed E-state index contributed by atoms with van der Waals surface area (Å²) in [6, 6.07) is 8.05. The van der Waals surface area contributed by atoms with Crippen LogP contribution >= 0.6 is 0 Å². The summed E-state index contributed by atoms with van der Waals surface area (Å²) in [6.45, 7) is 6.32. The number of para-hydroxylation sites is 1. The Balaban J connectivity index is 1.55. The van der Waals surface area contributed by atoms with Gasteiger partial charge in [0.25, 0.3) is 0 Å². The average molecular weight is 357 g/mol. The number of aliphatic imine (C=N–C) groups is 1. The van der Waals surface area contributed by atoms with Crippen molar-refractivity contribution in [3.8, 4) is 0 Å². The molecule has 1 amide bonds. The van der Waals surface area contributed by atoms with Gasteiger partial charge in [-0.2, -0.15) is 0 Å². The first-order valence-corrected chi connectivity index (χ1v) is 9.83. The monoisotopic (exact) mass is 356 g/mol. The van der Waals surface area contributed by atoms with Gasteiger partial charge in [-0.25, -0.2) is 0 Å². The molecule has 0 spiro atoms. The summed E-state index contributed by atoms with van der Waals surface area (Å²) >= 11 is 0. The number of fused-ring (bicyclic) bond motifs is 1. The number of carbonyl (C=O) groups excluding carboxylic acids is 1. The number of carbonyl (C=O) groups is 1. The second-order valence-corrected chi connectivity index (χ2v) is 8.31. The highest BCUT2D eigenvalue weighted by molar-refractivity contribution is 5.94. The number of guanidine groups is 1. The summed E-state index contributed by atoms with van der Waals surface area (Å²) in [5.41, 5.74) is 2.40. The lowest BCUT2D eigenvalue weighted by Crippen LogP contribution is -2.45. The molecule has 5 nitrogen and oxygen atoms in total. The molecule has 1 aliphatic heterocycles. The van der Waals surface area contributed by atoms with Crippen LogP contribution in [0.15, 0.2) is 29.3 Å². The van der Waals surface area contributed by atoms with Gasteiger partial charge in [0, 0.05) is 38.2 Å². The lowest BCUT2D eigenvalue weighted by atomic mass is 9.78. The van der Waals surface area contributed by atoms with Crippen LogP contribution in [-0.4, -0.2) is 32.0 Å². The molecule has 1 aromatic carbocycles. The molecule has 1 fully saturated rings. The number of anilines is 1. The van der Waals surface area contributed by atoms with Crippen molar-refractivity contribution in [3.63, 3.8) is 0 Å². The maximum Gasteiger partial charge on any atom is 0.225 e. The summed E-state index contributed by atoms with van der Waals surface area (Å²) in [6.07, 6.45) is 5.92. The van der Waals surface area contributed by atoms with E-state index in [4.69, 9.17) is 0 Å². The molecule has 2 aliphatic rings. The third-order valence-electron chi connectivity index (χ3n) is 6.02. The van der Waals surface area contributed by atoms with Gasteiger partial charge in [-0.05, 0) is 35.8 Å². The van der Waals surface area contributed by atoms with Crippen LogP contribution in [0.4, 0.5) is 5.69 Å². The summed E-state index contributed by atoms with van der Waals surface area (Å²) in [7, 11) is 1.80. The van der Waals surface area contributed by atoms with Crippen molar-refractivity contribution in [3.05, 3.63) is 29.8 Å². The van der Waals surface area contributed by atoms with Crippen LogP contribution in [0.3, 0.4) is 0 Å². The molecule has 1 aromatic rings. The van der Waals surface area contributed by atoms with Gasteiger partial charge in [-0.1, -0.05) is 44.9 Å². The maximum absolute atomic E-state index is 12.0. The topological polar surface area (TPSA) is 65.5 Å². The van der Waals surface area contributed by atoms with Crippen molar-refractivity contribution in [1.29, 1.82) is 0 Å². The SMILES string of the molecule is CN=C(NCC1CC(=O)Nc2ccccc21)NCC(C)(C)C1CCCC1.